The fraction of sp³-hybridized carbons (Fsp3) is 0.100. The van der Waals surface area contributed by atoms with Gasteiger partial charge in [-0.05, 0) is 35.9 Å². The molecule has 1 heterocycles. The standard InChI is InChI=1S/C20H17ClN2O2/c21-17-7-4-8-18(11-17)23-20(24)16-9-10-19(22-12-16)14-25-13-15-5-2-1-3-6-15/h1-12H,13-14H2,(H,23,24). The number of rotatable bonds is 6. The Balaban J connectivity index is 1.53. The third kappa shape index (κ3) is 5.14. The van der Waals surface area contributed by atoms with Crippen LogP contribution < -0.4 is 5.32 Å². The molecule has 126 valence electrons. The van der Waals surface area contributed by atoms with Crippen molar-refractivity contribution in [2.45, 2.75) is 13.2 Å². The average molecular weight is 353 g/mol. The molecular formula is C20H17ClN2O2. The lowest BCUT2D eigenvalue weighted by atomic mass is 10.2. The van der Waals surface area contributed by atoms with Crippen molar-refractivity contribution in [3.8, 4) is 0 Å². The maximum atomic E-state index is 12.2. The first-order valence-corrected chi connectivity index (χ1v) is 8.22. The zero-order valence-corrected chi connectivity index (χ0v) is 14.2. The quantitative estimate of drug-likeness (QED) is 0.699. The van der Waals surface area contributed by atoms with E-state index in [4.69, 9.17) is 16.3 Å². The Morgan fingerprint density at radius 1 is 1.00 bits per heavy atom. The van der Waals surface area contributed by atoms with Crippen molar-refractivity contribution in [1.29, 1.82) is 0 Å². The lowest BCUT2D eigenvalue weighted by molar-refractivity contribution is 0.102. The van der Waals surface area contributed by atoms with Crippen molar-refractivity contribution in [2.24, 2.45) is 0 Å². The minimum atomic E-state index is -0.230. The van der Waals surface area contributed by atoms with Gasteiger partial charge in [0.1, 0.15) is 0 Å². The van der Waals surface area contributed by atoms with E-state index >= 15 is 0 Å². The zero-order valence-electron chi connectivity index (χ0n) is 13.5. The summed E-state index contributed by atoms with van der Waals surface area (Å²) < 4.78 is 5.64. The van der Waals surface area contributed by atoms with Gasteiger partial charge in [-0.2, -0.15) is 0 Å². The molecule has 25 heavy (non-hydrogen) atoms. The molecule has 5 heteroatoms. The van der Waals surface area contributed by atoms with Gasteiger partial charge in [-0.25, -0.2) is 0 Å². The Morgan fingerprint density at radius 2 is 1.84 bits per heavy atom. The molecule has 0 atom stereocenters. The molecule has 0 aliphatic carbocycles. The van der Waals surface area contributed by atoms with Crippen LogP contribution in [0, 0.1) is 0 Å². The van der Waals surface area contributed by atoms with Crippen molar-refractivity contribution < 1.29 is 9.53 Å². The first kappa shape index (κ1) is 17.1. The highest BCUT2D eigenvalue weighted by Gasteiger charge is 2.07. The van der Waals surface area contributed by atoms with E-state index in [9.17, 15) is 4.79 Å². The molecule has 3 rings (SSSR count). The van der Waals surface area contributed by atoms with Crippen LogP contribution in [0.15, 0.2) is 72.9 Å². The molecule has 0 unspecified atom stereocenters. The van der Waals surface area contributed by atoms with Gasteiger partial charge in [0.15, 0.2) is 0 Å². The second-order valence-corrected chi connectivity index (χ2v) is 5.92. The highest BCUT2D eigenvalue weighted by molar-refractivity contribution is 6.30. The first-order chi connectivity index (χ1) is 12.2. The summed E-state index contributed by atoms with van der Waals surface area (Å²) in [7, 11) is 0. The van der Waals surface area contributed by atoms with Gasteiger partial charge in [-0.15, -0.1) is 0 Å². The lowest BCUT2D eigenvalue weighted by Crippen LogP contribution is -2.12. The smallest absolute Gasteiger partial charge is 0.257 e. The molecular weight excluding hydrogens is 336 g/mol. The number of hydrogen-bond donors (Lipinski definition) is 1. The largest absolute Gasteiger partial charge is 0.370 e. The molecule has 0 radical (unpaired) electrons. The van der Waals surface area contributed by atoms with Crippen LogP contribution in [0.1, 0.15) is 21.6 Å². The fourth-order valence-electron chi connectivity index (χ4n) is 2.26. The van der Waals surface area contributed by atoms with Gasteiger partial charge in [0.05, 0.1) is 24.5 Å². The number of halogens is 1. The van der Waals surface area contributed by atoms with Crippen LogP contribution in [0.4, 0.5) is 5.69 Å². The topological polar surface area (TPSA) is 51.2 Å². The summed E-state index contributed by atoms with van der Waals surface area (Å²) in [5.41, 5.74) is 3.01. The van der Waals surface area contributed by atoms with Crippen LogP contribution in [-0.4, -0.2) is 10.9 Å². The Hall–Kier alpha value is -2.69. The highest BCUT2D eigenvalue weighted by Crippen LogP contribution is 2.16. The van der Waals surface area contributed by atoms with Crippen molar-refractivity contribution in [3.63, 3.8) is 0 Å². The van der Waals surface area contributed by atoms with Crippen molar-refractivity contribution in [2.75, 3.05) is 5.32 Å². The predicted octanol–water partition coefficient (Wildman–Crippen LogP) is 4.70. The maximum Gasteiger partial charge on any atom is 0.257 e. The molecule has 0 aliphatic heterocycles. The van der Waals surface area contributed by atoms with E-state index in [1.807, 2.05) is 30.3 Å². The van der Waals surface area contributed by atoms with E-state index in [0.717, 1.165) is 11.3 Å². The van der Waals surface area contributed by atoms with Gasteiger partial charge < -0.3 is 10.1 Å². The number of pyridine rings is 1. The normalized spacial score (nSPS) is 10.4. The van der Waals surface area contributed by atoms with Gasteiger partial charge in [0.25, 0.3) is 5.91 Å². The van der Waals surface area contributed by atoms with Crippen LogP contribution in [-0.2, 0) is 18.0 Å². The summed E-state index contributed by atoms with van der Waals surface area (Å²) in [6.07, 6.45) is 1.54. The first-order valence-electron chi connectivity index (χ1n) is 7.84. The number of nitrogens with zero attached hydrogens (tertiary/aromatic N) is 1. The summed E-state index contributed by atoms with van der Waals surface area (Å²) in [6.45, 7) is 0.921. The molecule has 4 nitrogen and oxygen atoms in total. The summed E-state index contributed by atoms with van der Waals surface area (Å²) in [5, 5.41) is 3.36. The van der Waals surface area contributed by atoms with Gasteiger partial charge in [0, 0.05) is 16.9 Å². The second kappa shape index (κ2) is 8.42. The number of aromatic nitrogens is 1. The van der Waals surface area contributed by atoms with E-state index in [0.29, 0.717) is 29.5 Å². The molecule has 1 aromatic heterocycles. The monoisotopic (exact) mass is 352 g/mol. The third-order valence-corrected chi connectivity index (χ3v) is 3.77. The maximum absolute atomic E-state index is 12.2. The fourth-order valence-corrected chi connectivity index (χ4v) is 2.45. The molecule has 0 aliphatic rings. The molecule has 0 fully saturated rings. The van der Waals surface area contributed by atoms with E-state index < -0.39 is 0 Å². The van der Waals surface area contributed by atoms with Gasteiger partial charge in [0.2, 0.25) is 0 Å². The summed E-state index contributed by atoms with van der Waals surface area (Å²) in [6, 6.07) is 20.5. The van der Waals surface area contributed by atoms with Crippen LogP contribution in [0.25, 0.3) is 0 Å². The third-order valence-electron chi connectivity index (χ3n) is 3.53. The molecule has 2 aromatic carbocycles. The van der Waals surface area contributed by atoms with Crippen molar-refractivity contribution in [1.82, 2.24) is 4.98 Å². The van der Waals surface area contributed by atoms with Crippen molar-refractivity contribution >= 4 is 23.2 Å². The Bertz CT molecular complexity index is 836. The highest BCUT2D eigenvalue weighted by atomic mass is 35.5. The SMILES string of the molecule is O=C(Nc1cccc(Cl)c1)c1ccc(COCc2ccccc2)nc1. The predicted molar refractivity (Wildman–Crippen MR) is 98.6 cm³/mol. The molecule has 0 saturated carbocycles. The van der Waals surface area contributed by atoms with Crippen LogP contribution in [0.2, 0.25) is 5.02 Å². The summed E-state index contributed by atoms with van der Waals surface area (Å²) >= 11 is 5.91. The minimum Gasteiger partial charge on any atom is -0.370 e. The van der Waals surface area contributed by atoms with Crippen LogP contribution in [0.3, 0.4) is 0 Å². The number of carbonyl (C=O) groups is 1. The minimum absolute atomic E-state index is 0.230. The number of ether oxygens (including phenoxy) is 1. The van der Waals surface area contributed by atoms with Gasteiger partial charge in [-0.1, -0.05) is 48.0 Å². The molecule has 1 amide bonds. The second-order valence-electron chi connectivity index (χ2n) is 5.48. The number of hydrogen-bond acceptors (Lipinski definition) is 3. The Morgan fingerprint density at radius 3 is 2.56 bits per heavy atom. The number of benzene rings is 2. The Labute approximate surface area is 151 Å². The number of anilines is 1. The van der Waals surface area contributed by atoms with Crippen molar-refractivity contribution in [3.05, 3.63) is 94.8 Å². The number of nitrogens with one attached hydrogen (secondary N) is 1. The lowest BCUT2D eigenvalue weighted by Gasteiger charge is -2.07. The summed E-state index contributed by atoms with van der Waals surface area (Å²) in [4.78, 5) is 16.5. The number of carbonyl (C=O) groups excluding carboxylic acids is 1. The molecule has 3 aromatic rings. The zero-order chi connectivity index (χ0) is 17.5. The van der Waals surface area contributed by atoms with E-state index in [1.165, 1.54) is 0 Å². The molecule has 1 N–H and O–H groups in total. The average Bonchev–Trinajstić information content (AvgIpc) is 2.63. The molecule has 0 bridgehead atoms. The Kier molecular flexibility index (Phi) is 5.77. The van der Waals surface area contributed by atoms with Crippen LogP contribution in [0.5, 0.6) is 0 Å². The molecule has 0 spiro atoms. The van der Waals surface area contributed by atoms with Gasteiger partial charge in [-0.3, -0.25) is 9.78 Å². The molecule has 0 saturated heterocycles. The van der Waals surface area contributed by atoms with Crippen LogP contribution >= 0.6 is 11.6 Å². The number of amides is 1. The van der Waals surface area contributed by atoms with E-state index in [1.54, 1.807) is 42.6 Å². The van der Waals surface area contributed by atoms with E-state index in [2.05, 4.69) is 10.3 Å². The van der Waals surface area contributed by atoms with E-state index in [-0.39, 0.29) is 5.91 Å². The van der Waals surface area contributed by atoms with Gasteiger partial charge >= 0.3 is 0 Å². The summed E-state index contributed by atoms with van der Waals surface area (Å²) in [5.74, 6) is -0.230.